The van der Waals surface area contributed by atoms with E-state index in [1.54, 1.807) is 16.7 Å². The van der Waals surface area contributed by atoms with Gasteiger partial charge in [-0.3, -0.25) is 0 Å². The minimum Gasteiger partial charge on any atom is -0.0952 e. The third kappa shape index (κ3) is 7.95. The SMILES string of the molecule is C=C(/C=C1/C=CC(C(C)(C)C)=CC1CC)C(C1=C(C[C@@H]2C=C3C=CC(C(C)(C)C)CC3=CC2)CCCC1)[C@@H]1CCCCC1I. The Morgan fingerprint density at radius 3 is 2.43 bits per heavy atom. The molecule has 0 bridgehead atoms. The zero-order valence-electron chi connectivity index (χ0n) is 29.2. The fraction of sp³-hybridized carbons (Fsp3) is 0.628. The van der Waals surface area contributed by atoms with E-state index in [4.69, 9.17) is 6.58 Å². The molecule has 0 aliphatic heterocycles. The first-order chi connectivity index (χ1) is 20.8. The van der Waals surface area contributed by atoms with Crippen molar-refractivity contribution in [3.63, 3.8) is 0 Å². The van der Waals surface area contributed by atoms with Crippen molar-refractivity contribution in [3.8, 4) is 0 Å². The van der Waals surface area contributed by atoms with Crippen LogP contribution >= 0.6 is 22.6 Å². The van der Waals surface area contributed by atoms with Gasteiger partial charge in [0.05, 0.1) is 0 Å². The van der Waals surface area contributed by atoms with Crippen LogP contribution in [0.2, 0.25) is 0 Å². The Hall–Kier alpha value is -1.35. The van der Waals surface area contributed by atoms with Gasteiger partial charge in [-0.1, -0.05) is 150 Å². The average Bonchev–Trinajstić information content (AvgIpc) is 2.98. The van der Waals surface area contributed by atoms with E-state index in [1.807, 2.05) is 0 Å². The van der Waals surface area contributed by atoms with E-state index in [-0.39, 0.29) is 5.41 Å². The fourth-order valence-electron chi connectivity index (χ4n) is 8.62. The van der Waals surface area contributed by atoms with Crippen molar-refractivity contribution in [2.24, 2.45) is 40.4 Å². The summed E-state index contributed by atoms with van der Waals surface area (Å²) in [5.74, 6) is 2.99. The molecule has 1 heteroatoms. The molecule has 0 radical (unpaired) electrons. The van der Waals surface area contributed by atoms with Crippen LogP contribution in [0.15, 0.2) is 94.2 Å². The molecule has 0 heterocycles. The minimum absolute atomic E-state index is 0.194. The van der Waals surface area contributed by atoms with Crippen molar-refractivity contribution in [1.82, 2.24) is 0 Å². The smallest absolute Gasteiger partial charge is 0.0147 e. The minimum atomic E-state index is 0.194. The van der Waals surface area contributed by atoms with E-state index < -0.39 is 0 Å². The second-order valence-corrected chi connectivity index (χ2v) is 18.4. The molecule has 5 aliphatic rings. The maximum Gasteiger partial charge on any atom is 0.0147 e. The molecule has 0 N–H and O–H groups in total. The number of hydrogen-bond donors (Lipinski definition) is 0. The Morgan fingerprint density at radius 2 is 1.73 bits per heavy atom. The Kier molecular flexibility index (Phi) is 11.0. The maximum absolute atomic E-state index is 4.93. The molecule has 1 saturated carbocycles. The standard InChI is InChI=1S/C43H61I/c1-9-31-27-36(42(3,4)5)22-20-32(31)24-29(2)41(39-16-12-13-17-40(39)44)38-15-11-10-14-35(38)26-30-18-19-34-28-37(43(6,7)8)23-21-33(34)25-30/h19-25,27,30-31,37,39-41H,2,9-18,26,28H2,1,3-8H3/b32-24-/t30-,31?,37?,39+,40?,41?/m0/s1. The Bertz CT molecular complexity index is 1290. The molecule has 0 aromatic heterocycles. The van der Waals surface area contributed by atoms with Crippen LogP contribution in [0.5, 0.6) is 0 Å². The van der Waals surface area contributed by atoms with Crippen LogP contribution < -0.4 is 0 Å². The Morgan fingerprint density at radius 1 is 0.977 bits per heavy atom. The van der Waals surface area contributed by atoms with Gasteiger partial charge >= 0.3 is 0 Å². The molecular formula is C43H61I. The molecule has 5 aliphatic carbocycles. The molecule has 6 atom stereocenters. The van der Waals surface area contributed by atoms with Crippen molar-refractivity contribution < 1.29 is 0 Å². The highest BCUT2D eigenvalue weighted by Gasteiger charge is 2.36. The summed E-state index contributed by atoms with van der Waals surface area (Å²) in [5, 5.41) is 0. The summed E-state index contributed by atoms with van der Waals surface area (Å²) in [4.78, 5) is 0. The third-order valence-corrected chi connectivity index (χ3v) is 13.1. The normalized spacial score (nSPS) is 31.3. The molecule has 1 fully saturated rings. The molecule has 5 rings (SSSR count). The van der Waals surface area contributed by atoms with Crippen molar-refractivity contribution in [3.05, 3.63) is 94.2 Å². The van der Waals surface area contributed by atoms with E-state index in [9.17, 15) is 0 Å². The van der Waals surface area contributed by atoms with Gasteiger partial charge in [-0.25, -0.2) is 0 Å². The fourth-order valence-corrected chi connectivity index (χ4v) is 9.84. The number of rotatable bonds is 7. The molecular weight excluding hydrogens is 643 g/mol. The van der Waals surface area contributed by atoms with Crippen LogP contribution in [0, 0.1) is 40.4 Å². The summed E-state index contributed by atoms with van der Waals surface area (Å²) < 4.78 is 0.749. The lowest BCUT2D eigenvalue weighted by molar-refractivity contribution is 0.288. The van der Waals surface area contributed by atoms with Crippen molar-refractivity contribution in [2.75, 3.05) is 0 Å². The van der Waals surface area contributed by atoms with Gasteiger partial charge in [-0.15, -0.1) is 0 Å². The molecule has 0 saturated heterocycles. The predicted octanol–water partition coefficient (Wildman–Crippen LogP) is 13.4. The predicted molar refractivity (Wildman–Crippen MR) is 202 cm³/mol. The molecule has 0 amide bonds. The van der Waals surface area contributed by atoms with Crippen molar-refractivity contribution in [2.45, 2.75) is 129 Å². The van der Waals surface area contributed by atoms with E-state index in [1.165, 1.54) is 92.9 Å². The number of allylic oxidation sites excluding steroid dienone is 15. The first-order valence-electron chi connectivity index (χ1n) is 18.1. The lowest BCUT2D eigenvalue weighted by atomic mass is 9.67. The summed E-state index contributed by atoms with van der Waals surface area (Å²) in [5.41, 5.74) is 11.6. The third-order valence-electron chi connectivity index (χ3n) is 11.5. The Labute approximate surface area is 285 Å². The van der Waals surface area contributed by atoms with Gasteiger partial charge in [-0.2, -0.15) is 0 Å². The Balaban J connectivity index is 1.45. The lowest BCUT2D eigenvalue weighted by Crippen LogP contribution is -2.31. The highest BCUT2D eigenvalue weighted by molar-refractivity contribution is 14.1. The zero-order chi connectivity index (χ0) is 31.6. The molecule has 0 spiro atoms. The van der Waals surface area contributed by atoms with Gasteiger partial charge in [0, 0.05) is 15.8 Å². The molecule has 0 nitrogen and oxygen atoms in total. The van der Waals surface area contributed by atoms with E-state index in [0.29, 0.717) is 29.1 Å². The highest BCUT2D eigenvalue weighted by Crippen LogP contribution is 2.48. The van der Waals surface area contributed by atoms with Crippen LogP contribution in [0.3, 0.4) is 0 Å². The summed E-state index contributed by atoms with van der Waals surface area (Å²) in [6.07, 6.45) is 35.7. The van der Waals surface area contributed by atoms with Crippen LogP contribution in [0.4, 0.5) is 0 Å². The molecule has 240 valence electrons. The van der Waals surface area contributed by atoms with E-state index in [2.05, 4.69) is 120 Å². The average molecular weight is 705 g/mol. The summed E-state index contributed by atoms with van der Waals surface area (Å²) in [6.45, 7) is 21.5. The summed E-state index contributed by atoms with van der Waals surface area (Å²) >= 11 is 2.81. The molecule has 0 aromatic carbocycles. The first kappa shape index (κ1) is 34.0. The van der Waals surface area contributed by atoms with Gasteiger partial charge in [0.2, 0.25) is 0 Å². The first-order valence-corrected chi connectivity index (χ1v) is 19.3. The summed E-state index contributed by atoms with van der Waals surface area (Å²) in [7, 11) is 0. The second kappa shape index (κ2) is 14.2. The van der Waals surface area contributed by atoms with Crippen LogP contribution in [-0.4, -0.2) is 3.92 Å². The number of hydrogen-bond acceptors (Lipinski definition) is 0. The summed E-state index contributed by atoms with van der Waals surface area (Å²) in [6, 6.07) is 0. The zero-order valence-corrected chi connectivity index (χ0v) is 31.3. The van der Waals surface area contributed by atoms with Gasteiger partial charge in [0.1, 0.15) is 0 Å². The number of fused-ring (bicyclic) bond motifs is 1. The highest BCUT2D eigenvalue weighted by atomic mass is 127. The molecule has 4 unspecified atom stereocenters. The molecule has 44 heavy (non-hydrogen) atoms. The van der Waals surface area contributed by atoms with Gasteiger partial charge in [0.15, 0.2) is 0 Å². The topological polar surface area (TPSA) is 0 Å². The van der Waals surface area contributed by atoms with E-state index in [0.717, 1.165) is 16.3 Å². The van der Waals surface area contributed by atoms with E-state index >= 15 is 0 Å². The largest absolute Gasteiger partial charge is 0.0952 e. The number of halogens is 1. The second-order valence-electron chi connectivity index (χ2n) is 16.8. The van der Waals surface area contributed by atoms with Crippen LogP contribution in [0.1, 0.15) is 126 Å². The lowest BCUT2D eigenvalue weighted by Gasteiger charge is -2.40. The monoisotopic (exact) mass is 704 g/mol. The van der Waals surface area contributed by atoms with Crippen molar-refractivity contribution in [1.29, 1.82) is 0 Å². The van der Waals surface area contributed by atoms with Gasteiger partial charge in [-0.05, 0) is 121 Å². The maximum atomic E-state index is 4.93. The van der Waals surface area contributed by atoms with Crippen LogP contribution in [-0.2, 0) is 0 Å². The van der Waals surface area contributed by atoms with Gasteiger partial charge in [0.25, 0.3) is 0 Å². The van der Waals surface area contributed by atoms with Gasteiger partial charge < -0.3 is 0 Å². The molecule has 0 aromatic rings. The quantitative estimate of drug-likeness (QED) is 0.141. The van der Waals surface area contributed by atoms with Crippen molar-refractivity contribution >= 4 is 22.6 Å². The number of alkyl halides is 1. The van der Waals surface area contributed by atoms with Crippen LogP contribution in [0.25, 0.3) is 0 Å².